The fraction of sp³-hybridized carbons (Fsp3) is 0.625. The minimum atomic E-state index is -2.00. The zero-order chi connectivity index (χ0) is 12.9. The van der Waals surface area contributed by atoms with Gasteiger partial charge in [0.15, 0.2) is 12.3 Å². The predicted octanol–water partition coefficient (Wildman–Crippen LogP) is -3.14. The lowest BCUT2D eigenvalue weighted by Gasteiger charge is -2.25. The van der Waals surface area contributed by atoms with Crippen molar-refractivity contribution in [2.75, 3.05) is 0 Å². The van der Waals surface area contributed by atoms with E-state index >= 15 is 0 Å². The van der Waals surface area contributed by atoms with Gasteiger partial charge in [0, 0.05) is 6.92 Å². The summed E-state index contributed by atoms with van der Waals surface area (Å²) in [6.45, 7) is 1.02. The van der Waals surface area contributed by atoms with E-state index in [0.29, 0.717) is 0 Å². The molecular formula is C8H13NO7. The Bertz CT molecular complexity index is 280. The van der Waals surface area contributed by atoms with E-state index in [2.05, 4.69) is 0 Å². The molecule has 0 unspecified atom stereocenters. The molecule has 0 radical (unpaired) electrons. The fourth-order valence-corrected chi connectivity index (χ4v) is 0.992. The number of nitrogens with one attached hydrogen (secondary N) is 1. The molecule has 0 spiro atoms. The van der Waals surface area contributed by atoms with Crippen molar-refractivity contribution in [3.63, 3.8) is 0 Å². The summed E-state index contributed by atoms with van der Waals surface area (Å²) in [5, 5.41) is 37.9. The Hall–Kier alpha value is -1.51. The summed E-state index contributed by atoms with van der Waals surface area (Å²) < 4.78 is 0. The molecule has 0 bridgehead atoms. The Morgan fingerprint density at radius 3 is 2.00 bits per heavy atom. The third-order valence-corrected chi connectivity index (χ3v) is 1.81. The van der Waals surface area contributed by atoms with Crippen LogP contribution < -0.4 is 5.32 Å². The molecule has 0 rings (SSSR count). The Kier molecular flexibility index (Phi) is 5.57. The molecule has 0 aromatic carbocycles. The first-order chi connectivity index (χ1) is 7.31. The van der Waals surface area contributed by atoms with Gasteiger partial charge in [-0.2, -0.15) is 0 Å². The van der Waals surface area contributed by atoms with E-state index < -0.39 is 36.2 Å². The molecule has 0 fully saturated rings. The van der Waals surface area contributed by atoms with Crippen molar-refractivity contribution in [3.8, 4) is 0 Å². The van der Waals surface area contributed by atoms with Crippen LogP contribution in [0.1, 0.15) is 6.92 Å². The SMILES string of the molecule is CC(=O)N[C@@H](C(=O)O)[C@@H](O)[C@H](O)[C@@H](O)C=O. The lowest BCUT2D eigenvalue weighted by atomic mass is 10.0. The van der Waals surface area contributed by atoms with Crippen molar-refractivity contribution in [3.05, 3.63) is 0 Å². The maximum absolute atomic E-state index is 10.6. The maximum Gasteiger partial charge on any atom is 0.329 e. The van der Waals surface area contributed by atoms with Gasteiger partial charge < -0.3 is 30.5 Å². The van der Waals surface area contributed by atoms with Crippen molar-refractivity contribution in [1.29, 1.82) is 0 Å². The molecule has 0 aliphatic carbocycles. The van der Waals surface area contributed by atoms with Crippen LogP contribution in [0.3, 0.4) is 0 Å². The molecule has 0 aliphatic rings. The molecule has 0 aromatic rings. The van der Waals surface area contributed by atoms with Gasteiger partial charge in [0.2, 0.25) is 5.91 Å². The Balaban J connectivity index is 4.72. The molecule has 0 saturated carbocycles. The van der Waals surface area contributed by atoms with Crippen LogP contribution >= 0.6 is 0 Å². The maximum atomic E-state index is 10.6. The van der Waals surface area contributed by atoms with Crippen LogP contribution in [0.5, 0.6) is 0 Å². The van der Waals surface area contributed by atoms with E-state index in [1.54, 1.807) is 0 Å². The van der Waals surface area contributed by atoms with E-state index in [1.807, 2.05) is 5.32 Å². The van der Waals surface area contributed by atoms with Gasteiger partial charge in [-0.3, -0.25) is 4.79 Å². The number of aliphatic hydroxyl groups excluding tert-OH is 3. The van der Waals surface area contributed by atoms with Gasteiger partial charge >= 0.3 is 5.97 Å². The lowest BCUT2D eigenvalue weighted by molar-refractivity contribution is -0.151. The third kappa shape index (κ3) is 3.93. The monoisotopic (exact) mass is 235 g/mol. The zero-order valence-corrected chi connectivity index (χ0v) is 8.40. The van der Waals surface area contributed by atoms with Gasteiger partial charge in [-0.1, -0.05) is 0 Å². The number of hydrogen-bond donors (Lipinski definition) is 5. The molecule has 8 heteroatoms. The average molecular weight is 235 g/mol. The number of carboxylic acids is 1. The van der Waals surface area contributed by atoms with E-state index in [-0.39, 0.29) is 6.29 Å². The number of aldehydes is 1. The standard InChI is InChI=1S/C8H13NO7/c1-3(11)9-5(8(15)16)7(14)6(13)4(12)2-10/h2,4-7,12-14H,1H3,(H,9,11)(H,15,16)/t4-,5+,6+,7+/m0/s1. The number of aliphatic hydroxyl groups is 3. The van der Waals surface area contributed by atoms with Gasteiger partial charge in [0.1, 0.15) is 18.3 Å². The minimum absolute atomic E-state index is 0.0550. The Labute approximate surface area is 90.5 Å². The number of carbonyl (C=O) groups excluding carboxylic acids is 2. The van der Waals surface area contributed by atoms with Crippen LogP contribution in [0, 0.1) is 0 Å². The van der Waals surface area contributed by atoms with Crippen LogP contribution in [0.2, 0.25) is 0 Å². The van der Waals surface area contributed by atoms with Crippen LogP contribution in [0.4, 0.5) is 0 Å². The highest BCUT2D eigenvalue weighted by molar-refractivity contribution is 5.82. The molecule has 0 heterocycles. The zero-order valence-electron chi connectivity index (χ0n) is 8.40. The molecule has 8 nitrogen and oxygen atoms in total. The van der Waals surface area contributed by atoms with Gasteiger partial charge in [-0.25, -0.2) is 4.79 Å². The van der Waals surface area contributed by atoms with Crippen LogP contribution in [0.25, 0.3) is 0 Å². The molecular weight excluding hydrogens is 222 g/mol. The highest BCUT2D eigenvalue weighted by atomic mass is 16.4. The van der Waals surface area contributed by atoms with Crippen LogP contribution in [-0.2, 0) is 14.4 Å². The third-order valence-electron chi connectivity index (χ3n) is 1.81. The average Bonchev–Trinajstić information content (AvgIpc) is 2.22. The molecule has 5 N–H and O–H groups in total. The number of aliphatic carboxylic acids is 1. The van der Waals surface area contributed by atoms with Crippen molar-refractivity contribution < 1.29 is 34.8 Å². The van der Waals surface area contributed by atoms with E-state index in [0.717, 1.165) is 6.92 Å². The second kappa shape index (κ2) is 6.16. The number of carboxylic acid groups (broad SMARTS) is 1. The van der Waals surface area contributed by atoms with Crippen molar-refractivity contribution in [1.82, 2.24) is 5.32 Å². The molecule has 0 saturated heterocycles. The van der Waals surface area contributed by atoms with Crippen LogP contribution in [-0.4, -0.2) is 62.9 Å². The minimum Gasteiger partial charge on any atom is -0.480 e. The van der Waals surface area contributed by atoms with Crippen LogP contribution in [0.15, 0.2) is 0 Å². The van der Waals surface area contributed by atoms with E-state index in [9.17, 15) is 24.6 Å². The van der Waals surface area contributed by atoms with Gasteiger partial charge in [0.05, 0.1) is 0 Å². The van der Waals surface area contributed by atoms with Crippen molar-refractivity contribution in [2.24, 2.45) is 0 Å². The lowest BCUT2D eigenvalue weighted by Crippen LogP contribution is -2.55. The predicted molar refractivity (Wildman–Crippen MR) is 49.3 cm³/mol. The summed E-state index contributed by atoms with van der Waals surface area (Å²) in [5.41, 5.74) is 0. The first kappa shape index (κ1) is 14.5. The molecule has 0 aromatic heterocycles. The largest absolute Gasteiger partial charge is 0.480 e. The summed E-state index contributed by atoms with van der Waals surface area (Å²) >= 11 is 0. The van der Waals surface area contributed by atoms with Gasteiger partial charge in [-0.15, -0.1) is 0 Å². The quantitative estimate of drug-likeness (QED) is 0.306. The Morgan fingerprint density at radius 2 is 1.69 bits per heavy atom. The first-order valence-electron chi connectivity index (χ1n) is 4.30. The smallest absolute Gasteiger partial charge is 0.329 e. The number of hydrogen-bond acceptors (Lipinski definition) is 6. The van der Waals surface area contributed by atoms with Gasteiger partial charge in [0.25, 0.3) is 0 Å². The summed E-state index contributed by atoms with van der Waals surface area (Å²) in [6, 6.07) is -1.80. The second-order valence-electron chi connectivity index (χ2n) is 3.12. The van der Waals surface area contributed by atoms with Crippen molar-refractivity contribution >= 4 is 18.2 Å². The summed E-state index contributed by atoms with van der Waals surface area (Å²) in [5.74, 6) is -2.33. The summed E-state index contributed by atoms with van der Waals surface area (Å²) in [6.07, 6.45) is -5.97. The number of carbonyl (C=O) groups is 3. The topological polar surface area (TPSA) is 144 Å². The highest BCUT2D eigenvalue weighted by Gasteiger charge is 2.36. The van der Waals surface area contributed by atoms with E-state index in [4.69, 9.17) is 10.2 Å². The van der Waals surface area contributed by atoms with Gasteiger partial charge in [-0.05, 0) is 0 Å². The van der Waals surface area contributed by atoms with E-state index in [1.165, 1.54) is 0 Å². The molecule has 92 valence electrons. The fourth-order valence-electron chi connectivity index (χ4n) is 0.992. The summed E-state index contributed by atoms with van der Waals surface area (Å²) in [4.78, 5) is 31.4. The van der Waals surface area contributed by atoms with Crippen molar-refractivity contribution in [2.45, 2.75) is 31.3 Å². The highest BCUT2D eigenvalue weighted by Crippen LogP contribution is 2.04. The number of amides is 1. The summed E-state index contributed by atoms with van der Waals surface area (Å²) in [7, 11) is 0. The first-order valence-corrected chi connectivity index (χ1v) is 4.30. The molecule has 1 amide bonds. The molecule has 0 aliphatic heterocycles. The number of rotatable bonds is 6. The Morgan fingerprint density at radius 1 is 1.19 bits per heavy atom. The molecule has 4 atom stereocenters. The normalized spacial score (nSPS) is 18.0. The molecule has 16 heavy (non-hydrogen) atoms. The second-order valence-corrected chi connectivity index (χ2v) is 3.12.